The van der Waals surface area contributed by atoms with Gasteiger partial charge in [-0.1, -0.05) is 27.2 Å². The molecule has 1 N–H and O–H groups in total. The largest absolute Gasteiger partial charge is 0.466 e. The molecule has 7 nitrogen and oxygen atoms in total. The van der Waals surface area contributed by atoms with E-state index < -0.39 is 30.0 Å². The number of ether oxygens (including phenoxy) is 1. The number of hydrogen-bond donors (Lipinski definition) is 1. The summed E-state index contributed by atoms with van der Waals surface area (Å²) in [5.41, 5.74) is -1.30. The summed E-state index contributed by atoms with van der Waals surface area (Å²) in [6.45, 7) is 7.59. The molecule has 2 heterocycles. The lowest BCUT2D eigenvalue weighted by molar-refractivity contribution is -0.158. The molecule has 1 saturated heterocycles. The SMILES string of the molecule is CC(C)[C@H]1CC[C@@H](C)C[C@@H]1OC(=O)CN1C(=O)N[C@@](C)(c2ccco2)C1=O. The lowest BCUT2D eigenvalue weighted by Gasteiger charge is -2.36. The Balaban J connectivity index is 1.67. The predicted octanol–water partition coefficient (Wildman–Crippen LogP) is 3.05. The van der Waals surface area contributed by atoms with Crippen molar-refractivity contribution >= 4 is 17.9 Å². The second-order valence-electron chi connectivity index (χ2n) is 8.28. The first-order chi connectivity index (χ1) is 12.7. The maximum atomic E-state index is 12.8. The van der Waals surface area contributed by atoms with Gasteiger partial charge in [0.15, 0.2) is 5.54 Å². The van der Waals surface area contributed by atoms with Gasteiger partial charge < -0.3 is 14.5 Å². The summed E-state index contributed by atoms with van der Waals surface area (Å²) >= 11 is 0. The first kappa shape index (κ1) is 19.5. The lowest BCUT2D eigenvalue weighted by Crippen LogP contribution is -2.42. The van der Waals surface area contributed by atoms with Crippen LogP contribution in [0.15, 0.2) is 22.8 Å². The van der Waals surface area contributed by atoms with Crippen molar-refractivity contribution < 1.29 is 23.5 Å². The molecular weight excluding hydrogens is 348 g/mol. The van der Waals surface area contributed by atoms with Crippen LogP contribution < -0.4 is 5.32 Å². The number of furan rings is 1. The molecular formula is C20H28N2O5. The van der Waals surface area contributed by atoms with Crippen molar-refractivity contribution in [1.82, 2.24) is 10.2 Å². The van der Waals surface area contributed by atoms with Crippen molar-refractivity contribution in [1.29, 1.82) is 0 Å². The van der Waals surface area contributed by atoms with E-state index in [1.54, 1.807) is 19.1 Å². The van der Waals surface area contributed by atoms with E-state index in [1.807, 2.05) is 0 Å². The van der Waals surface area contributed by atoms with Gasteiger partial charge in [0.05, 0.1) is 6.26 Å². The molecule has 1 aromatic rings. The Morgan fingerprint density at radius 2 is 2.15 bits per heavy atom. The van der Waals surface area contributed by atoms with Crippen molar-refractivity contribution in [3.8, 4) is 0 Å². The van der Waals surface area contributed by atoms with Crippen molar-refractivity contribution in [3.05, 3.63) is 24.2 Å². The molecule has 1 saturated carbocycles. The van der Waals surface area contributed by atoms with Crippen molar-refractivity contribution in [2.24, 2.45) is 17.8 Å². The van der Waals surface area contributed by atoms with Crippen LogP contribution in [0, 0.1) is 17.8 Å². The zero-order chi connectivity index (χ0) is 19.8. The number of urea groups is 1. The van der Waals surface area contributed by atoms with E-state index in [-0.39, 0.29) is 6.10 Å². The molecule has 1 aliphatic heterocycles. The van der Waals surface area contributed by atoms with Gasteiger partial charge in [-0.25, -0.2) is 4.79 Å². The fraction of sp³-hybridized carbons (Fsp3) is 0.650. The zero-order valence-corrected chi connectivity index (χ0v) is 16.4. The highest BCUT2D eigenvalue weighted by Crippen LogP contribution is 2.35. The Morgan fingerprint density at radius 1 is 1.41 bits per heavy atom. The minimum atomic E-state index is -1.30. The highest BCUT2D eigenvalue weighted by molar-refractivity contribution is 6.08. The number of amides is 3. The molecule has 1 aliphatic carbocycles. The van der Waals surface area contributed by atoms with E-state index in [1.165, 1.54) is 6.26 Å². The zero-order valence-electron chi connectivity index (χ0n) is 16.4. The number of esters is 1. The van der Waals surface area contributed by atoms with Gasteiger partial charge in [-0.2, -0.15) is 0 Å². The topological polar surface area (TPSA) is 88.8 Å². The van der Waals surface area contributed by atoms with Gasteiger partial charge in [-0.15, -0.1) is 0 Å². The van der Waals surface area contributed by atoms with Crippen molar-refractivity contribution in [2.45, 2.75) is 58.6 Å². The summed E-state index contributed by atoms with van der Waals surface area (Å²) in [6.07, 6.45) is 4.24. The molecule has 1 aromatic heterocycles. The van der Waals surface area contributed by atoms with E-state index in [0.29, 0.717) is 23.5 Å². The third-order valence-electron chi connectivity index (χ3n) is 5.82. The number of carbonyl (C=O) groups excluding carboxylic acids is 3. The fourth-order valence-electron chi connectivity index (χ4n) is 4.16. The highest BCUT2D eigenvalue weighted by Gasteiger charge is 2.51. The Bertz CT molecular complexity index is 714. The van der Waals surface area contributed by atoms with Gasteiger partial charge in [0, 0.05) is 0 Å². The molecule has 148 valence electrons. The monoisotopic (exact) mass is 376 g/mol. The van der Waals surface area contributed by atoms with E-state index in [0.717, 1.165) is 24.2 Å². The maximum Gasteiger partial charge on any atom is 0.326 e. The molecule has 2 aliphatic rings. The van der Waals surface area contributed by atoms with Crippen LogP contribution in [0.25, 0.3) is 0 Å². The Morgan fingerprint density at radius 3 is 2.78 bits per heavy atom. The van der Waals surface area contributed by atoms with Crippen LogP contribution in [0.2, 0.25) is 0 Å². The first-order valence-electron chi connectivity index (χ1n) is 9.60. The van der Waals surface area contributed by atoms with Crippen molar-refractivity contribution in [3.63, 3.8) is 0 Å². The molecule has 0 spiro atoms. The Labute approximate surface area is 159 Å². The summed E-state index contributed by atoms with van der Waals surface area (Å²) in [5, 5.41) is 2.61. The third-order valence-corrected chi connectivity index (χ3v) is 5.82. The molecule has 3 rings (SSSR count). The van der Waals surface area contributed by atoms with Crippen LogP contribution >= 0.6 is 0 Å². The summed E-state index contributed by atoms with van der Waals surface area (Å²) in [5.74, 6) is 0.481. The van der Waals surface area contributed by atoms with Gasteiger partial charge >= 0.3 is 12.0 Å². The van der Waals surface area contributed by atoms with Crippen LogP contribution in [0.5, 0.6) is 0 Å². The van der Waals surface area contributed by atoms with Crippen LogP contribution in [0.4, 0.5) is 4.79 Å². The molecule has 4 atom stereocenters. The highest BCUT2D eigenvalue weighted by atomic mass is 16.5. The minimum absolute atomic E-state index is 0.168. The summed E-state index contributed by atoms with van der Waals surface area (Å²) in [6, 6.07) is 2.65. The average Bonchev–Trinajstić information content (AvgIpc) is 3.19. The van der Waals surface area contributed by atoms with Gasteiger partial charge in [0.25, 0.3) is 5.91 Å². The molecule has 27 heavy (non-hydrogen) atoms. The minimum Gasteiger partial charge on any atom is -0.466 e. The van der Waals surface area contributed by atoms with Crippen molar-refractivity contribution in [2.75, 3.05) is 6.54 Å². The Hall–Kier alpha value is -2.31. The van der Waals surface area contributed by atoms with Crippen LogP contribution in [-0.2, 0) is 19.9 Å². The summed E-state index contributed by atoms with van der Waals surface area (Å²) in [4.78, 5) is 38.5. The van der Waals surface area contributed by atoms with Crippen LogP contribution in [0.3, 0.4) is 0 Å². The van der Waals surface area contributed by atoms with E-state index >= 15 is 0 Å². The number of carbonyl (C=O) groups is 3. The van der Waals surface area contributed by atoms with E-state index in [9.17, 15) is 14.4 Å². The van der Waals surface area contributed by atoms with Crippen LogP contribution in [-0.4, -0.2) is 35.5 Å². The fourth-order valence-corrected chi connectivity index (χ4v) is 4.16. The molecule has 0 radical (unpaired) electrons. The molecule has 7 heteroatoms. The number of hydrogen-bond acceptors (Lipinski definition) is 5. The van der Waals surface area contributed by atoms with Gasteiger partial charge in [0.2, 0.25) is 0 Å². The predicted molar refractivity (Wildman–Crippen MR) is 97.5 cm³/mol. The third kappa shape index (κ3) is 3.73. The lowest BCUT2D eigenvalue weighted by atomic mass is 9.75. The van der Waals surface area contributed by atoms with Gasteiger partial charge in [-0.05, 0) is 49.7 Å². The molecule has 0 aromatic carbocycles. The number of imide groups is 1. The summed E-state index contributed by atoms with van der Waals surface area (Å²) in [7, 11) is 0. The standard InChI is InChI=1S/C20H28N2O5/c1-12(2)14-8-7-13(3)10-15(14)27-17(23)11-22-18(24)20(4,21-19(22)25)16-6-5-9-26-16/h5-6,9,12-15H,7-8,10-11H2,1-4H3,(H,21,25)/t13-,14-,15+,20+/m1/s1. The smallest absolute Gasteiger partial charge is 0.326 e. The molecule has 0 unspecified atom stereocenters. The number of rotatable bonds is 5. The first-order valence-corrected chi connectivity index (χ1v) is 9.60. The van der Waals surface area contributed by atoms with E-state index in [4.69, 9.17) is 9.15 Å². The molecule has 2 fully saturated rings. The van der Waals surface area contributed by atoms with Gasteiger partial charge in [-0.3, -0.25) is 14.5 Å². The number of nitrogens with one attached hydrogen (secondary N) is 1. The van der Waals surface area contributed by atoms with Gasteiger partial charge in [0.1, 0.15) is 18.4 Å². The molecule has 3 amide bonds. The average molecular weight is 376 g/mol. The quantitative estimate of drug-likeness (QED) is 0.630. The number of nitrogens with zero attached hydrogens (tertiary/aromatic N) is 1. The normalized spacial score (nSPS) is 31.3. The summed E-state index contributed by atoms with van der Waals surface area (Å²) < 4.78 is 11.0. The second-order valence-corrected chi connectivity index (χ2v) is 8.28. The maximum absolute atomic E-state index is 12.8. The second kappa shape index (κ2) is 7.37. The Kier molecular flexibility index (Phi) is 5.31. The van der Waals surface area contributed by atoms with E-state index in [2.05, 4.69) is 26.1 Å². The molecule has 0 bridgehead atoms. The van der Waals surface area contributed by atoms with Crippen LogP contribution in [0.1, 0.15) is 52.7 Å².